The third-order valence-corrected chi connectivity index (χ3v) is 4.92. The van der Waals surface area contributed by atoms with Crippen LogP contribution in [0.15, 0.2) is 28.7 Å². The molecular formula is C17H23BrN2S. The van der Waals surface area contributed by atoms with Gasteiger partial charge in [0.1, 0.15) is 0 Å². The first-order chi connectivity index (χ1) is 10.2. The Morgan fingerprint density at radius 2 is 1.90 bits per heavy atom. The second kappa shape index (κ2) is 8.66. The maximum Gasteiger partial charge on any atom is 0.0975 e. The summed E-state index contributed by atoms with van der Waals surface area (Å²) < 4.78 is 1.13. The van der Waals surface area contributed by atoms with E-state index in [1.807, 2.05) is 11.3 Å². The predicted octanol–water partition coefficient (Wildman–Crippen LogP) is 4.95. The van der Waals surface area contributed by atoms with E-state index in [2.05, 4.69) is 59.4 Å². The van der Waals surface area contributed by atoms with Crippen LogP contribution in [-0.4, -0.2) is 11.5 Å². The summed E-state index contributed by atoms with van der Waals surface area (Å²) in [6.07, 6.45) is 4.35. The van der Waals surface area contributed by atoms with E-state index in [1.165, 1.54) is 27.6 Å². The normalized spacial score (nSPS) is 11.0. The first kappa shape index (κ1) is 16.7. The van der Waals surface area contributed by atoms with Crippen LogP contribution in [0, 0.1) is 0 Å². The molecule has 4 heteroatoms. The molecule has 0 fully saturated rings. The number of hydrogen-bond acceptors (Lipinski definition) is 3. The molecule has 0 amide bonds. The average Bonchev–Trinajstić information content (AvgIpc) is 2.84. The second-order valence-electron chi connectivity index (χ2n) is 5.21. The third-order valence-electron chi connectivity index (χ3n) is 3.29. The molecule has 0 aliphatic rings. The monoisotopic (exact) mass is 366 g/mol. The van der Waals surface area contributed by atoms with Gasteiger partial charge < -0.3 is 5.32 Å². The maximum absolute atomic E-state index is 4.86. The molecule has 21 heavy (non-hydrogen) atoms. The van der Waals surface area contributed by atoms with Gasteiger partial charge in [-0.15, -0.1) is 11.3 Å². The Balaban J connectivity index is 2.08. The van der Waals surface area contributed by atoms with Crippen molar-refractivity contribution in [3.63, 3.8) is 0 Å². The van der Waals surface area contributed by atoms with Gasteiger partial charge >= 0.3 is 0 Å². The number of halogens is 1. The minimum Gasteiger partial charge on any atom is -0.312 e. The van der Waals surface area contributed by atoms with Crippen LogP contribution in [0.5, 0.6) is 0 Å². The topological polar surface area (TPSA) is 24.9 Å². The lowest BCUT2D eigenvalue weighted by Gasteiger charge is -2.02. The summed E-state index contributed by atoms with van der Waals surface area (Å²) >= 11 is 5.34. The molecule has 0 saturated heterocycles. The molecule has 0 aliphatic carbocycles. The molecular weight excluding hydrogens is 344 g/mol. The van der Waals surface area contributed by atoms with Gasteiger partial charge in [0.15, 0.2) is 0 Å². The van der Waals surface area contributed by atoms with Crippen molar-refractivity contribution >= 4 is 27.3 Å². The molecule has 1 N–H and O–H groups in total. The van der Waals surface area contributed by atoms with Gasteiger partial charge in [0.25, 0.3) is 0 Å². The molecule has 0 saturated carbocycles. The van der Waals surface area contributed by atoms with Gasteiger partial charge in [-0.25, -0.2) is 4.98 Å². The molecule has 1 aromatic carbocycles. The minimum absolute atomic E-state index is 0.933. The highest BCUT2D eigenvalue weighted by Crippen LogP contribution is 2.23. The van der Waals surface area contributed by atoms with E-state index in [1.54, 1.807) is 0 Å². The molecule has 2 aromatic rings. The van der Waals surface area contributed by atoms with Crippen LogP contribution in [0.25, 0.3) is 0 Å². The van der Waals surface area contributed by atoms with Gasteiger partial charge in [0.05, 0.1) is 10.7 Å². The molecule has 0 unspecified atom stereocenters. The van der Waals surface area contributed by atoms with Crippen molar-refractivity contribution in [1.29, 1.82) is 0 Å². The molecule has 114 valence electrons. The molecule has 1 aromatic heterocycles. The zero-order valence-corrected chi connectivity index (χ0v) is 15.2. The molecule has 1 heterocycles. The van der Waals surface area contributed by atoms with E-state index in [-0.39, 0.29) is 0 Å². The van der Waals surface area contributed by atoms with Gasteiger partial charge in [-0.2, -0.15) is 0 Å². The number of rotatable bonds is 8. The number of aryl methyl sites for hydroxylation is 1. The van der Waals surface area contributed by atoms with Crippen molar-refractivity contribution < 1.29 is 0 Å². The Morgan fingerprint density at radius 1 is 1.14 bits per heavy atom. The van der Waals surface area contributed by atoms with Gasteiger partial charge in [-0.1, -0.05) is 48.3 Å². The Hall–Kier alpha value is -0.710. The highest BCUT2D eigenvalue weighted by molar-refractivity contribution is 9.10. The predicted molar refractivity (Wildman–Crippen MR) is 95.1 cm³/mol. The van der Waals surface area contributed by atoms with Gasteiger partial charge in [0.2, 0.25) is 0 Å². The van der Waals surface area contributed by atoms with Crippen LogP contribution >= 0.6 is 27.3 Å². The van der Waals surface area contributed by atoms with Crippen LogP contribution in [-0.2, 0) is 19.4 Å². The molecule has 0 spiro atoms. The van der Waals surface area contributed by atoms with Crippen LogP contribution in [0.3, 0.4) is 0 Å². The Bertz CT molecular complexity index is 548. The zero-order chi connectivity index (χ0) is 15.1. The van der Waals surface area contributed by atoms with Crippen molar-refractivity contribution in [2.24, 2.45) is 0 Å². The Kier molecular flexibility index (Phi) is 6.87. The van der Waals surface area contributed by atoms with E-state index in [4.69, 9.17) is 4.98 Å². The summed E-state index contributed by atoms with van der Waals surface area (Å²) in [5, 5.41) is 4.73. The fourth-order valence-electron chi connectivity index (χ4n) is 2.24. The zero-order valence-electron chi connectivity index (χ0n) is 12.8. The lowest BCUT2D eigenvalue weighted by Crippen LogP contribution is -2.13. The van der Waals surface area contributed by atoms with Crippen LogP contribution in [0.2, 0.25) is 0 Å². The summed E-state index contributed by atoms with van der Waals surface area (Å²) in [4.78, 5) is 6.28. The summed E-state index contributed by atoms with van der Waals surface area (Å²) in [5.41, 5.74) is 2.61. The smallest absolute Gasteiger partial charge is 0.0975 e. The van der Waals surface area contributed by atoms with Crippen LogP contribution in [0.1, 0.15) is 47.8 Å². The number of hydrogen-bond donors (Lipinski definition) is 1. The van der Waals surface area contributed by atoms with Crippen LogP contribution < -0.4 is 5.32 Å². The first-order valence-corrected chi connectivity index (χ1v) is 9.26. The van der Waals surface area contributed by atoms with Crippen molar-refractivity contribution in [3.8, 4) is 0 Å². The van der Waals surface area contributed by atoms with Gasteiger partial charge in [-0.05, 0) is 37.1 Å². The standard InChI is InChI=1S/C17H23BrN2S/c1-3-5-15-16(12-19-10-4-2)21-17(20-15)11-13-6-8-14(18)9-7-13/h6-9,19H,3-5,10-12H2,1-2H3. The largest absolute Gasteiger partial charge is 0.312 e. The van der Waals surface area contributed by atoms with E-state index < -0.39 is 0 Å². The quantitative estimate of drug-likeness (QED) is 0.668. The summed E-state index contributed by atoms with van der Waals surface area (Å²) in [6.45, 7) is 6.45. The molecule has 0 aliphatic heterocycles. The lowest BCUT2D eigenvalue weighted by atomic mass is 10.1. The fourth-order valence-corrected chi connectivity index (χ4v) is 3.62. The van der Waals surface area contributed by atoms with Gasteiger partial charge in [-0.3, -0.25) is 0 Å². The summed E-state index contributed by atoms with van der Waals surface area (Å²) in [7, 11) is 0. The third kappa shape index (κ3) is 5.20. The summed E-state index contributed by atoms with van der Waals surface area (Å²) in [6, 6.07) is 8.53. The SMILES string of the molecule is CCCNCc1sc(Cc2ccc(Br)cc2)nc1CCC. The Morgan fingerprint density at radius 3 is 2.57 bits per heavy atom. The molecule has 2 rings (SSSR count). The van der Waals surface area contributed by atoms with E-state index in [0.717, 1.165) is 36.8 Å². The van der Waals surface area contributed by atoms with Crippen molar-refractivity contribution in [2.45, 2.75) is 46.1 Å². The lowest BCUT2D eigenvalue weighted by molar-refractivity contribution is 0.674. The molecule has 0 bridgehead atoms. The van der Waals surface area contributed by atoms with E-state index >= 15 is 0 Å². The number of benzene rings is 1. The Labute approximate surface area is 140 Å². The first-order valence-electron chi connectivity index (χ1n) is 7.65. The number of nitrogens with zero attached hydrogens (tertiary/aromatic N) is 1. The number of nitrogens with one attached hydrogen (secondary N) is 1. The van der Waals surface area contributed by atoms with Crippen molar-refractivity contribution in [2.75, 3.05) is 6.54 Å². The van der Waals surface area contributed by atoms with Crippen LogP contribution in [0.4, 0.5) is 0 Å². The number of thiazole rings is 1. The molecule has 0 radical (unpaired) electrons. The fraction of sp³-hybridized carbons (Fsp3) is 0.471. The van der Waals surface area contributed by atoms with E-state index in [0.29, 0.717) is 0 Å². The highest BCUT2D eigenvalue weighted by atomic mass is 79.9. The number of aromatic nitrogens is 1. The van der Waals surface area contributed by atoms with Crippen molar-refractivity contribution in [3.05, 3.63) is 49.9 Å². The minimum atomic E-state index is 0.933. The van der Waals surface area contributed by atoms with E-state index in [9.17, 15) is 0 Å². The van der Waals surface area contributed by atoms with Gasteiger partial charge in [0, 0.05) is 22.3 Å². The molecule has 2 nitrogen and oxygen atoms in total. The highest BCUT2D eigenvalue weighted by Gasteiger charge is 2.10. The van der Waals surface area contributed by atoms with Crippen molar-refractivity contribution in [1.82, 2.24) is 10.3 Å². The average molecular weight is 367 g/mol. The second-order valence-corrected chi connectivity index (χ2v) is 7.29. The summed E-state index contributed by atoms with van der Waals surface area (Å²) in [5.74, 6) is 0. The maximum atomic E-state index is 4.86. The molecule has 0 atom stereocenters.